The third-order valence-electron chi connectivity index (χ3n) is 1.86. The van der Waals surface area contributed by atoms with Gasteiger partial charge in [0.1, 0.15) is 16.7 Å². The molecule has 2 N–H and O–H groups in total. The summed E-state index contributed by atoms with van der Waals surface area (Å²) in [5, 5.41) is 0.532. The summed E-state index contributed by atoms with van der Waals surface area (Å²) in [4.78, 5) is 3.89. The van der Waals surface area contributed by atoms with Gasteiger partial charge >= 0.3 is 0 Å². The monoisotopic (exact) mass is 238 g/mol. The zero-order valence-corrected chi connectivity index (χ0v) is 8.97. The molecule has 0 spiro atoms. The van der Waals surface area contributed by atoms with Gasteiger partial charge in [-0.15, -0.1) is 0 Å². The molecule has 82 valence electrons. The molecule has 1 heterocycles. The summed E-state index contributed by atoms with van der Waals surface area (Å²) < 4.78 is 26.9. The van der Waals surface area contributed by atoms with Gasteiger partial charge in [0.15, 0.2) is 0 Å². The zero-order chi connectivity index (χ0) is 11.5. The van der Waals surface area contributed by atoms with E-state index >= 15 is 0 Å². The maximum atomic E-state index is 13.4. The van der Waals surface area contributed by atoms with Crippen LogP contribution in [0.4, 0.5) is 14.5 Å². The van der Waals surface area contributed by atoms with Gasteiger partial charge in [-0.05, 0) is 24.3 Å². The molecule has 0 saturated heterocycles. The number of nitrogens with zero attached hydrogens (tertiary/aromatic N) is 1. The smallest absolute Gasteiger partial charge is 0.142 e. The number of nitrogens with two attached hydrogens (primary N) is 1. The van der Waals surface area contributed by atoms with E-state index in [2.05, 4.69) is 4.98 Å². The third-order valence-corrected chi connectivity index (χ3v) is 2.91. The summed E-state index contributed by atoms with van der Waals surface area (Å²) in [6.07, 6.45) is 1.56. The molecule has 0 amide bonds. The lowest BCUT2D eigenvalue weighted by Gasteiger charge is -2.04. The molecule has 0 unspecified atom stereocenters. The molecular weight excluding hydrogens is 230 g/mol. The number of nitrogen functional groups attached to an aromatic ring is 1. The molecular formula is C11H8F2N2S. The molecule has 16 heavy (non-hydrogen) atoms. The first-order valence-corrected chi connectivity index (χ1v) is 5.32. The van der Waals surface area contributed by atoms with E-state index in [0.717, 1.165) is 23.9 Å². The summed E-state index contributed by atoms with van der Waals surface area (Å²) in [5.41, 5.74) is 5.39. The van der Waals surface area contributed by atoms with E-state index in [1.165, 1.54) is 0 Å². The molecule has 0 fully saturated rings. The van der Waals surface area contributed by atoms with Crippen LogP contribution in [-0.2, 0) is 0 Å². The van der Waals surface area contributed by atoms with Crippen molar-refractivity contribution in [1.82, 2.24) is 4.98 Å². The normalized spacial score (nSPS) is 10.4. The highest BCUT2D eigenvalue weighted by Gasteiger charge is 2.12. The van der Waals surface area contributed by atoms with Crippen LogP contribution in [-0.4, -0.2) is 4.98 Å². The molecule has 1 aromatic heterocycles. The van der Waals surface area contributed by atoms with Crippen molar-refractivity contribution in [2.24, 2.45) is 0 Å². The number of rotatable bonds is 2. The van der Waals surface area contributed by atoms with Gasteiger partial charge in [0, 0.05) is 11.9 Å². The molecule has 0 saturated carbocycles. The molecule has 0 bridgehead atoms. The fourth-order valence-electron chi connectivity index (χ4n) is 1.19. The van der Waals surface area contributed by atoms with Crippen molar-refractivity contribution in [3.8, 4) is 0 Å². The minimum atomic E-state index is -0.673. The maximum absolute atomic E-state index is 13.4. The van der Waals surface area contributed by atoms with Crippen LogP contribution in [0.5, 0.6) is 0 Å². The Morgan fingerprint density at radius 3 is 2.38 bits per heavy atom. The molecule has 2 aromatic rings. The van der Waals surface area contributed by atoms with Crippen molar-refractivity contribution in [2.75, 3.05) is 5.73 Å². The average molecular weight is 238 g/mol. The molecule has 0 radical (unpaired) electrons. The Morgan fingerprint density at radius 1 is 1.12 bits per heavy atom. The van der Waals surface area contributed by atoms with Crippen LogP contribution in [0.3, 0.4) is 0 Å². The molecule has 2 nitrogen and oxygen atoms in total. The summed E-state index contributed by atoms with van der Waals surface area (Å²) in [6, 6.07) is 7.35. The molecule has 0 aliphatic heterocycles. The van der Waals surface area contributed by atoms with Crippen LogP contribution in [0.1, 0.15) is 0 Å². The minimum absolute atomic E-state index is 0.0698. The van der Waals surface area contributed by atoms with Crippen molar-refractivity contribution < 1.29 is 8.78 Å². The van der Waals surface area contributed by atoms with Gasteiger partial charge in [0.25, 0.3) is 0 Å². The number of benzene rings is 1. The van der Waals surface area contributed by atoms with E-state index in [0.29, 0.717) is 5.03 Å². The Balaban J connectivity index is 2.35. The minimum Gasteiger partial charge on any atom is -0.399 e. The predicted octanol–water partition coefficient (Wildman–Crippen LogP) is 3.09. The number of halogens is 2. The fourth-order valence-corrected chi connectivity index (χ4v) is 1.97. The van der Waals surface area contributed by atoms with E-state index in [1.54, 1.807) is 24.4 Å². The second kappa shape index (κ2) is 4.49. The van der Waals surface area contributed by atoms with Crippen LogP contribution in [0.25, 0.3) is 0 Å². The van der Waals surface area contributed by atoms with Gasteiger partial charge in [0.2, 0.25) is 0 Å². The molecule has 1 aromatic carbocycles. The summed E-state index contributed by atoms with van der Waals surface area (Å²) >= 11 is 0.933. The Labute approximate surface area is 95.5 Å². The Bertz CT molecular complexity index is 480. The van der Waals surface area contributed by atoms with Crippen molar-refractivity contribution in [3.63, 3.8) is 0 Å². The standard InChI is InChI=1S/C11H8F2N2S/c12-8-5-7(14)6-9(13)11(8)16-10-3-1-2-4-15-10/h1-6H,14H2. The summed E-state index contributed by atoms with van der Waals surface area (Å²) in [5.74, 6) is -1.35. The second-order valence-electron chi connectivity index (χ2n) is 3.08. The Morgan fingerprint density at radius 2 is 1.81 bits per heavy atom. The lowest BCUT2D eigenvalue weighted by molar-refractivity contribution is 0.541. The number of hydrogen-bond donors (Lipinski definition) is 1. The van der Waals surface area contributed by atoms with Gasteiger partial charge in [-0.2, -0.15) is 0 Å². The van der Waals surface area contributed by atoms with Crippen LogP contribution in [0.15, 0.2) is 46.5 Å². The first-order chi connectivity index (χ1) is 7.66. The fraction of sp³-hybridized carbons (Fsp3) is 0. The lowest BCUT2D eigenvalue weighted by atomic mass is 10.3. The van der Waals surface area contributed by atoms with E-state index in [4.69, 9.17) is 5.73 Å². The lowest BCUT2D eigenvalue weighted by Crippen LogP contribution is -1.93. The van der Waals surface area contributed by atoms with Crippen LogP contribution in [0.2, 0.25) is 0 Å². The van der Waals surface area contributed by atoms with Crippen LogP contribution < -0.4 is 5.73 Å². The van der Waals surface area contributed by atoms with Gasteiger partial charge in [-0.1, -0.05) is 17.8 Å². The maximum Gasteiger partial charge on any atom is 0.142 e. The largest absolute Gasteiger partial charge is 0.399 e. The van der Waals surface area contributed by atoms with Crippen molar-refractivity contribution in [2.45, 2.75) is 9.92 Å². The highest BCUT2D eigenvalue weighted by atomic mass is 32.2. The van der Waals surface area contributed by atoms with Crippen LogP contribution >= 0.6 is 11.8 Å². The molecule has 2 rings (SSSR count). The van der Waals surface area contributed by atoms with E-state index in [9.17, 15) is 8.78 Å². The first-order valence-electron chi connectivity index (χ1n) is 4.50. The van der Waals surface area contributed by atoms with Crippen LogP contribution in [0, 0.1) is 11.6 Å². The quantitative estimate of drug-likeness (QED) is 0.817. The molecule has 0 atom stereocenters. The SMILES string of the molecule is Nc1cc(F)c(Sc2ccccn2)c(F)c1. The number of aromatic nitrogens is 1. The van der Waals surface area contributed by atoms with E-state index < -0.39 is 11.6 Å². The zero-order valence-electron chi connectivity index (χ0n) is 8.15. The Kier molecular flexibility index (Phi) is 3.05. The van der Waals surface area contributed by atoms with Crippen molar-refractivity contribution >= 4 is 17.4 Å². The average Bonchev–Trinajstić information content (AvgIpc) is 2.25. The number of hydrogen-bond acceptors (Lipinski definition) is 3. The highest BCUT2D eigenvalue weighted by Crippen LogP contribution is 2.31. The Hall–Kier alpha value is -1.62. The number of anilines is 1. The van der Waals surface area contributed by atoms with Gasteiger partial charge in [0.05, 0.1) is 4.90 Å². The van der Waals surface area contributed by atoms with E-state index in [1.807, 2.05) is 0 Å². The van der Waals surface area contributed by atoms with Crippen molar-refractivity contribution in [1.29, 1.82) is 0 Å². The third kappa shape index (κ3) is 2.30. The second-order valence-corrected chi connectivity index (χ2v) is 4.11. The summed E-state index contributed by atoms with van der Waals surface area (Å²) in [7, 11) is 0. The topological polar surface area (TPSA) is 38.9 Å². The first kappa shape index (κ1) is 10.9. The summed E-state index contributed by atoms with van der Waals surface area (Å²) in [6.45, 7) is 0. The molecule has 0 aliphatic carbocycles. The van der Waals surface area contributed by atoms with Gasteiger partial charge in [-0.25, -0.2) is 13.8 Å². The molecule has 5 heteroatoms. The van der Waals surface area contributed by atoms with Gasteiger partial charge < -0.3 is 5.73 Å². The van der Waals surface area contributed by atoms with Gasteiger partial charge in [-0.3, -0.25) is 0 Å². The van der Waals surface area contributed by atoms with E-state index in [-0.39, 0.29) is 10.6 Å². The highest BCUT2D eigenvalue weighted by molar-refractivity contribution is 7.99. The van der Waals surface area contributed by atoms with Crippen molar-refractivity contribution in [3.05, 3.63) is 48.2 Å². The number of pyridine rings is 1. The predicted molar refractivity (Wildman–Crippen MR) is 59.1 cm³/mol. The molecule has 0 aliphatic rings.